The first kappa shape index (κ1) is 17.2. The predicted molar refractivity (Wildman–Crippen MR) is 78.4 cm³/mol. The van der Waals surface area contributed by atoms with Gasteiger partial charge in [0, 0.05) is 0 Å². The van der Waals surface area contributed by atoms with E-state index in [-0.39, 0.29) is 11.3 Å². The summed E-state index contributed by atoms with van der Waals surface area (Å²) in [6, 6.07) is 6.22. The van der Waals surface area contributed by atoms with Crippen molar-refractivity contribution < 1.29 is 22.2 Å². The Hall–Kier alpha value is -1.89. The van der Waals surface area contributed by atoms with Crippen molar-refractivity contribution in [2.24, 2.45) is 5.16 Å². The summed E-state index contributed by atoms with van der Waals surface area (Å²) in [7, 11) is -2.71. The van der Waals surface area contributed by atoms with E-state index in [1.807, 2.05) is 13.8 Å². The number of hydrogen-bond acceptors (Lipinski definition) is 6. The Balaban J connectivity index is 2.87. The van der Waals surface area contributed by atoms with Crippen LogP contribution in [0, 0.1) is 6.92 Å². The van der Waals surface area contributed by atoms with E-state index < -0.39 is 16.1 Å². The molecule has 0 aromatic heterocycles. The van der Waals surface area contributed by atoms with E-state index in [9.17, 15) is 13.2 Å². The first-order valence-electron chi connectivity index (χ1n) is 6.52. The third-order valence-corrected chi connectivity index (χ3v) is 3.81. The summed E-state index contributed by atoms with van der Waals surface area (Å²) in [6.07, 6.45) is 1.08. The van der Waals surface area contributed by atoms with Crippen molar-refractivity contribution in [2.75, 3.05) is 7.11 Å². The van der Waals surface area contributed by atoms with Gasteiger partial charge in [-0.15, -0.1) is 0 Å². The van der Waals surface area contributed by atoms with Gasteiger partial charge in [0.2, 0.25) is 0 Å². The largest absolute Gasteiger partial charge is 0.469 e. The van der Waals surface area contributed by atoms with Gasteiger partial charge in [-0.25, -0.2) is 0 Å². The Morgan fingerprint density at radius 3 is 2.38 bits per heavy atom. The normalized spacial score (nSPS) is 12.0. The van der Waals surface area contributed by atoms with Crippen LogP contribution in [-0.4, -0.2) is 27.2 Å². The van der Waals surface area contributed by atoms with Gasteiger partial charge in [0.15, 0.2) is 0 Å². The second-order valence-corrected chi connectivity index (χ2v) is 6.03. The number of rotatable bonds is 7. The summed E-state index contributed by atoms with van der Waals surface area (Å²) in [5, 5.41) is 3.60. The number of hydrogen-bond donors (Lipinski definition) is 0. The molecule has 0 amide bonds. The zero-order valence-electron chi connectivity index (χ0n) is 12.3. The van der Waals surface area contributed by atoms with Crippen LogP contribution in [-0.2, 0) is 23.9 Å². The summed E-state index contributed by atoms with van der Waals surface area (Å²) < 4.78 is 33.1. The standard InChI is InChI=1S/C14H19NO5S/c1-4-5-12(10-14(16)19-3)15-20-21(17,18)13-8-6-11(2)7-9-13/h6-9H,4-5,10H2,1-3H3/b15-12+. The molecular weight excluding hydrogens is 294 g/mol. The molecule has 21 heavy (non-hydrogen) atoms. The minimum atomic E-state index is -3.97. The SMILES string of the molecule is CCC/C(CC(=O)OC)=N\OS(=O)(=O)c1ccc(C)cc1. The number of oxime groups is 1. The predicted octanol–water partition coefficient (Wildman–Crippen LogP) is 2.42. The van der Waals surface area contributed by atoms with Crippen LogP contribution in [0.15, 0.2) is 34.3 Å². The summed E-state index contributed by atoms with van der Waals surface area (Å²) >= 11 is 0. The maximum Gasteiger partial charge on any atom is 0.358 e. The van der Waals surface area contributed by atoms with Gasteiger partial charge in [-0.2, -0.15) is 8.42 Å². The molecule has 0 radical (unpaired) electrons. The fourth-order valence-corrected chi connectivity index (χ4v) is 2.30. The molecular formula is C14H19NO5S. The van der Waals surface area contributed by atoms with E-state index in [0.29, 0.717) is 18.6 Å². The van der Waals surface area contributed by atoms with Crippen molar-refractivity contribution in [3.8, 4) is 0 Å². The summed E-state index contributed by atoms with van der Waals surface area (Å²) in [4.78, 5) is 11.2. The average Bonchev–Trinajstić information content (AvgIpc) is 2.45. The van der Waals surface area contributed by atoms with Gasteiger partial charge >= 0.3 is 16.1 Å². The zero-order valence-corrected chi connectivity index (χ0v) is 13.1. The number of methoxy groups -OCH3 is 1. The summed E-state index contributed by atoms with van der Waals surface area (Å²) in [5.41, 5.74) is 1.27. The van der Waals surface area contributed by atoms with Gasteiger partial charge in [-0.05, 0) is 25.5 Å². The molecule has 0 bridgehead atoms. The smallest absolute Gasteiger partial charge is 0.358 e. The highest BCUT2D eigenvalue weighted by Gasteiger charge is 2.16. The van der Waals surface area contributed by atoms with Crippen molar-refractivity contribution in [1.82, 2.24) is 0 Å². The highest BCUT2D eigenvalue weighted by atomic mass is 32.2. The van der Waals surface area contributed by atoms with Crippen LogP contribution < -0.4 is 0 Å². The number of esters is 1. The number of carbonyl (C=O) groups excluding carboxylic acids is 1. The molecule has 1 aromatic rings. The second-order valence-electron chi connectivity index (χ2n) is 4.50. The van der Waals surface area contributed by atoms with E-state index in [4.69, 9.17) is 0 Å². The molecule has 0 aliphatic rings. The van der Waals surface area contributed by atoms with E-state index in [1.165, 1.54) is 19.2 Å². The first-order valence-corrected chi connectivity index (χ1v) is 7.92. The summed E-state index contributed by atoms with van der Waals surface area (Å²) in [6.45, 7) is 3.74. The van der Waals surface area contributed by atoms with Crippen LogP contribution in [0.25, 0.3) is 0 Å². The number of ether oxygens (including phenoxy) is 1. The highest BCUT2D eigenvalue weighted by molar-refractivity contribution is 7.86. The highest BCUT2D eigenvalue weighted by Crippen LogP contribution is 2.14. The maximum atomic E-state index is 12.0. The molecule has 116 valence electrons. The van der Waals surface area contributed by atoms with Crippen molar-refractivity contribution in [1.29, 1.82) is 0 Å². The van der Waals surface area contributed by atoms with Gasteiger partial charge in [-0.1, -0.05) is 36.2 Å². The Morgan fingerprint density at radius 1 is 1.24 bits per heavy atom. The van der Waals surface area contributed by atoms with E-state index in [1.54, 1.807) is 12.1 Å². The van der Waals surface area contributed by atoms with E-state index in [0.717, 1.165) is 5.56 Å². The Morgan fingerprint density at radius 2 is 1.86 bits per heavy atom. The topological polar surface area (TPSA) is 82.0 Å². The first-order chi connectivity index (χ1) is 9.89. The quantitative estimate of drug-likeness (QED) is 0.438. The van der Waals surface area contributed by atoms with Crippen LogP contribution in [0.5, 0.6) is 0 Å². The van der Waals surface area contributed by atoms with Crippen molar-refractivity contribution >= 4 is 21.8 Å². The molecule has 0 spiro atoms. The van der Waals surface area contributed by atoms with Crippen molar-refractivity contribution in [3.63, 3.8) is 0 Å². The molecule has 0 unspecified atom stereocenters. The molecule has 0 saturated heterocycles. The minimum Gasteiger partial charge on any atom is -0.469 e. The lowest BCUT2D eigenvalue weighted by Crippen LogP contribution is -2.11. The van der Waals surface area contributed by atoms with Crippen molar-refractivity contribution in [3.05, 3.63) is 29.8 Å². The van der Waals surface area contributed by atoms with Crippen molar-refractivity contribution in [2.45, 2.75) is 38.0 Å². The van der Waals surface area contributed by atoms with Crippen LogP contribution in [0.2, 0.25) is 0 Å². The number of carbonyl (C=O) groups is 1. The Labute approximate surface area is 124 Å². The molecule has 1 aromatic carbocycles. The lowest BCUT2D eigenvalue weighted by atomic mass is 10.2. The molecule has 7 heteroatoms. The fourth-order valence-electron chi connectivity index (χ4n) is 1.54. The third-order valence-electron chi connectivity index (χ3n) is 2.69. The molecule has 6 nitrogen and oxygen atoms in total. The lowest BCUT2D eigenvalue weighted by Gasteiger charge is -2.05. The summed E-state index contributed by atoms with van der Waals surface area (Å²) in [5.74, 6) is -0.487. The molecule has 0 aliphatic carbocycles. The molecule has 0 fully saturated rings. The van der Waals surface area contributed by atoms with Gasteiger partial charge < -0.3 is 4.74 Å². The molecule has 1 rings (SSSR count). The Bertz CT molecular complexity index is 605. The van der Waals surface area contributed by atoms with Crippen LogP contribution in [0.4, 0.5) is 0 Å². The van der Waals surface area contributed by atoms with E-state index >= 15 is 0 Å². The number of aryl methyl sites for hydroxylation is 1. The van der Waals surface area contributed by atoms with Crippen LogP contribution >= 0.6 is 0 Å². The lowest BCUT2D eigenvalue weighted by molar-refractivity contribution is -0.139. The minimum absolute atomic E-state index is 0.0192. The molecule has 0 aliphatic heterocycles. The third kappa shape index (κ3) is 5.55. The molecule has 0 N–H and O–H groups in total. The zero-order chi connectivity index (χ0) is 15.9. The Kier molecular flexibility index (Phi) is 6.36. The molecule has 0 atom stereocenters. The number of benzene rings is 1. The number of nitrogens with zero attached hydrogens (tertiary/aromatic N) is 1. The monoisotopic (exact) mass is 313 g/mol. The maximum absolute atomic E-state index is 12.0. The fraction of sp³-hybridized carbons (Fsp3) is 0.429. The van der Waals surface area contributed by atoms with Crippen LogP contribution in [0.3, 0.4) is 0 Å². The van der Waals surface area contributed by atoms with Gasteiger partial charge in [0.25, 0.3) is 0 Å². The second kappa shape index (κ2) is 7.78. The van der Waals surface area contributed by atoms with E-state index in [2.05, 4.69) is 14.2 Å². The molecule has 0 heterocycles. The van der Waals surface area contributed by atoms with Crippen LogP contribution in [0.1, 0.15) is 31.7 Å². The average molecular weight is 313 g/mol. The molecule has 0 saturated carbocycles. The van der Waals surface area contributed by atoms with Gasteiger partial charge in [0.05, 0.1) is 19.2 Å². The van der Waals surface area contributed by atoms with Gasteiger partial charge in [-0.3, -0.25) is 9.08 Å². The van der Waals surface area contributed by atoms with Gasteiger partial charge in [0.1, 0.15) is 4.90 Å².